The first kappa shape index (κ1) is 14.1. The quantitative estimate of drug-likeness (QED) is 0.783. The molecule has 0 aromatic carbocycles. The number of nitrogens with one attached hydrogen (secondary N) is 1. The minimum absolute atomic E-state index is 0.171. The largest absolute Gasteiger partial charge is 0.381 e. The Morgan fingerprint density at radius 3 is 2.56 bits per heavy atom. The topological polar surface area (TPSA) is 38.3 Å². The number of amides is 1. The van der Waals surface area contributed by atoms with Gasteiger partial charge in [0.05, 0.1) is 5.54 Å². The molecule has 18 heavy (non-hydrogen) atoms. The van der Waals surface area contributed by atoms with Crippen molar-refractivity contribution < 1.29 is 9.53 Å². The number of halogens is 1. The monoisotopic (exact) mass is 273 g/mol. The van der Waals surface area contributed by atoms with E-state index in [0.717, 1.165) is 25.2 Å². The average Bonchev–Trinajstić information content (AvgIpc) is 2.91. The average molecular weight is 274 g/mol. The number of hydrogen-bond acceptors (Lipinski definition) is 2. The molecule has 0 radical (unpaired) electrons. The lowest BCUT2D eigenvalue weighted by molar-refractivity contribution is -0.124. The van der Waals surface area contributed by atoms with Gasteiger partial charge in [0.25, 0.3) is 0 Å². The third-order valence-corrected chi connectivity index (χ3v) is 4.88. The molecule has 0 atom stereocenters. The first-order valence-electron chi connectivity index (χ1n) is 7.19. The zero-order valence-corrected chi connectivity index (χ0v) is 11.8. The van der Waals surface area contributed by atoms with E-state index in [2.05, 4.69) is 5.32 Å². The number of carbonyl (C=O) groups excluding carboxylic acids is 1. The van der Waals surface area contributed by atoms with Gasteiger partial charge >= 0.3 is 0 Å². The predicted octanol–water partition coefficient (Wildman–Crippen LogP) is 2.86. The van der Waals surface area contributed by atoms with Crippen molar-refractivity contribution in [2.75, 3.05) is 19.1 Å². The maximum Gasteiger partial charge on any atom is 0.220 e. The van der Waals surface area contributed by atoms with E-state index in [1.165, 1.54) is 25.7 Å². The molecule has 0 unspecified atom stereocenters. The van der Waals surface area contributed by atoms with Gasteiger partial charge < -0.3 is 10.1 Å². The zero-order valence-electron chi connectivity index (χ0n) is 11.0. The second-order valence-corrected chi connectivity index (χ2v) is 6.03. The molecule has 3 nitrogen and oxygen atoms in total. The molecule has 1 saturated heterocycles. The lowest BCUT2D eigenvalue weighted by Gasteiger charge is -2.36. The molecule has 2 aliphatic rings. The van der Waals surface area contributed by atoms with Gasteiger partial charge in [0.15, 0.2) is 0 Å². The van der Waals surface area contributed by atoms with E-state index in [1.807, 2.05) is 0 Å². The van der Waals surface area contributed by atoms with Gasteiger partial charge in [-0.1, -0.05) is 25.7 Å². The van der Waals surface area contributed by atoms with Crippen LogP contribution in [0.4, 0.5) is 0 Å². The molecule has 1 aliphatic heterocycles. The molecular formula is C14H24ClNO2. The maximum atomic E-state index is 12.0. The van der Waals surface area contributed by atoms with Crippen molar-refractivity contribution >= 4 is 17.5 Å². The molecule has 1 N–H and O–H groups in total. The number of ether oxygens (including phenoxy) is 1. The van der Waals surface area contributed by atoms with Gasteiger partial charge in [-0.05, 0) is 25.2 Å². The molecule has 1 heterocycles. The summed E-state index contributed by atoms with van der Waals surface area (Å²) in [4.78, 5) is 12.0. The fourth-order valence-corrected chi connectivity index (χ4v) is 3.38. The van der Waals surface area contributed by atoms with Crippen molar-refractivity contribution in [3.05, 3.63) is 0 Å². The fraction of sp³-hybridized carbons (Fsp3) is 0.929. The van der Waals surface area contributed by atoms with Crippen LogP contribution in [0.2, 0.25) is 0 Å². The van der Waals surface area contributed by atoms with Crippen LogP contribution in [0.3, 0.4) is 0 Å². The molecule has 0 aromatic heterocycles. The number of alkyl halides is 1. The molecule has 1 saturated carbocycles. The van der Waals surface area contributed by atoms with Gasteiger partial charge in [-0.2, -0.15) is 0 Å². The standard InChI is InChI=1S/C14H24ClNO2/c15-11-14(7-9-18-10-8-14)16-13(17)6-5-12-3-1-2-4-12/h12H,1-11H2,(H,16,17). The van der Waals surface area contributed by atoms with Gasteiger partial charge in [-0.3, -0.25) is 4.79 Å². The molecule has 1 aliphatic carbocycles. The molecular weight excluding hydrogens is 250 g/mol. The Morgan fingerprint density at radius 1 is 1.28 bits per heavy atom. The summed E-state index contributed by atoms with van der Waals surface area (Å²) >= 11 is 6.04. The highest BCUT2D eigenvalue weighted by Gasteiger charge is 2.33. The fourth-order valence-electron chi connectivity index (χ4n) is 3.05. The molecule has 0 aromatic rings. The Hall–Kier alpha value is -0.280. The van der Waals surface area contributed by atoms with Gasteiger partial charge in [-0.15, -0.1) is 11.6 Å². The molecule has 1 amide bonds. The van der Waals surface area contributed by atoms with Gasteiger partial charge in [0.1, 0.15) is 0 Å². The van der Waals surface area contributed by atoms with Gasteiger partial charge in [0, 0.05) is 25.5 Å². The normalized spacial score (nSPS) is 24.1. The first-order valence-corrected chi connectivity index (χ1v) is 7.72. The Bertz CT molecular complexity index is 271. The predicted molar refractivity (Wildman–Crippen MR) is 72.8 cm³/mol. The highest BCUT2D eigenvalue weighted by atomic mass is 35.5. The summed E-state index contributed by atoms with van der Waals surface area (Å²) in [5, 5.41) is 3.16. The minimum atomic E-state index is -0.216. The summed E-state index contributed by atoms with van der Waals surface area (Å²) in [5.74, 6) is 1.44. The molecule has 0 spiro atoms. The first-order chi connectivity index (χ1) is 8.74. The van der Waals surface area contributed by atoms with E-state index in [4.69, 9.17) is 16.3 Å². The molecule has 4 heteroatoms. The SMILES string of the molecule is O=C(CCC1CCCC1)NC1(CCl)CCOCC1. The van der Waals surface area contributed by atoms with E-state index in [9.17, 15) is 4.79 Å². The van der Waals surface area contributed by atoms with Gasteiger partial charge in [-0.25, -0.2) is 0 Å². The second kappa shape index (κ2) is 6.76. The van der Waals surface area contributed by atoms with Crippen LogP contribution in [0.15, 0.2) is 0 Å². The lowest BCUT2D eigenvalue weighted by atomic mass is 9.91. The van der Waals surface area contributed by atoms with Crippen molar-refractivity contribution in [3.8, 4) is 0 Å². The Kier molecular flexibility index (Phi) is 5.31. The minimum Gasteiger partial charge on any atom is -0.381 e. The summed E-state index contributed by atoms with van der Waals surface area (Å²) < 4.78 is 5.34. The Labute approximate surface area is 115 Å². The summed E-state index contributed by atoms with van der Waals surface area (Å²) in [5.41, 5.74) is -0.216. The maximum absolute atomic E-state index is 12.0. The summed E-state index contributed by atoms with van der Waals surface area (Å²) in [6.45, 7) is 1.41. The van der Waals surface area contributed by atoms with Crippen LogP contribution in [-0.2, 0) is 9.53 Å². The van der Waals surface area contributed by atoms with Crippen LogP contribution in [0.1, 0.15) is 51.4 Å². The molecule has 2 fully saturated rings. The van der Waals surface area contributed by atoms with E-state index < -0.39 is 0 Å². The van der Waals surface area contributed by atoms with Crippen LogP contribution in [0.25, 0.3) is 0 Å². The van der Waals surface area contributed by atoms with E-state index in [0.29, 0.717) is 25.5 Å². The smallest absolute Gasteiger partial charge is 0.220 e. The number of hydrogen-bond donors (Lipinski definition) is 1. The van der Waals surface area contributed by atoms with E-state index in [1.54, 1.807) is 0 Å². The third kappa shape index (κ3) is 3.86. The number of rotatable bonds is 5. The molecule has 2 rings (SSSR count). The highest BCUT2D eigenvalue weighted by Crippen LogP contribution is 2.29. The van der Waals surface area contributed by atoms with Crippen LogP contribution in [0, 0.1) is 5.92 Å². The van der Waals surface area contributed by atoms with Crippen LogP contribution in [-0.4, -0.2) is 30.5 Å². The Morgan fingerprint density at radius 2 is 1.94 bits per heavy atom. The third-order valence-electron chi connectivity index (χ3n) is 4.36. The summed E-state index contributed by atoms with van der Waals surface area (Å²) in [7, 11) is 0. The van der Waals surface area contributed by atoms with Crippen molar-refractivity contribution in [1.29, 1.82) is 0 Å². The van der Waals surface area contributed by atoms with Gasteiger partial charge in [0.2, 0.25) is 5.91 Å². The highest BCUT2D eigenvalue weighted by molar-refractivity contribution is 6.18. The van der Waals surface area contributed by atoms with Crippen LogP contribution >= 0.6 is 11.6 Å². The summed E-state index contributed by atoms with van der Waals surface area (Å²) in [6.07, 6.45) is 8.68. The number of carbonyl (C=O) groups is 1. The van der Waals surface area contributed by atoms with Crippen molar-refractivity contribution in [3.63, 3.8) is 0 Å². The lowest BCUT2D eigenvalue weighted by Crippen LogP contribution is -2.53. The summed E-state index contributed by atoms with van der Waals surface area (Å²) in [6, 6.07) is 0. The van der Waals surface area contributed by atoms with E-state index in [-0.39, 0.29) is 11.4 Å². The molecule has 104 valence electrons. The van der Waals surface area contributed by atoms with Crippen LogP contribution < -0.4 is 5.32 Å². The zero-order chi connectivity index (χ0) is 12.8. The molecule has 0 bridgehead atoms. The second-order valence-electron chi connectivity index (χ2n) is 5.76. The van der Waals surface area contributed by atoms with Crippen molar-refractivity contribution in [2.24, 2.45) is 5.92 Å². The Balaban J connectivity index is 1.74. The van der Waals surface area contributed by atoms with Crippen molar-refractivity contribution in [1.82, 2.24) is 5.32 Å². The van der Waals surface area contributed by atoms with E-state index >= 15 is 0 Å². The van der Waals surface area contributed by atoms with Crippen molar-refractivity contribution in [2.45, 2.75) is 56.9 Å². The van der Waals surface area contributed by atoms with Crippen LogP contribution in [0.5, 0.6) is 0 Å².